The normalized spacial score (nSPS) is 10.7. The van der Waals surface area contributed by atoms with Crippen molar-refractivity contribution in [3.05, 3.63) is 53.4 Å². The summed E-state index contributed by atoms with van der Waals surface area (Å²) in [5, 5.41) is 12.3. The summed E-state index contributed by atoms with van der Waals surface area (Å²) >= 11 is 5.68. The summed E-state index contributed by atoms with van der Waals surface area (Å²) in [5.74, 6) is 0.561. The van der Waals surface area contributed by atoms with E-state index in [4.69, 9.17) is 17.3 Å². The van der Waals surface area contributed by atoms with E-state index in [0.29, 0.717) is 22.5 Å². The molecule has 0 bridgehead atoms. The number of benzene rings is 1. The highest BCUT2D eigenvalue weighted by atomic mass is 35.5. The summed E-state index contributed by atoms with van der Waals surface area (Å²) in [7, 11) is 0. The number of anilines is 1. The lowest BCUT2D eigenvalue weighted by atomic mass is 10.1. The van der Waals surface area contributed by atoms with Gasteiger partial charge in [0.25, 0.3) is 0 Å². The van der Waals surface area contributed by atoms with Gasteiger partial charge in [0, 0.05) is 11.6 Å². The zero-order chi connectivity index (χ0) is 14.1. The molecule has 0 spiro atoms. The van der Waals surface area contributed by atoms with Crippen molar-refractivity contribution < 1.29 is 4.39 Å². The van der Waals surface area contributed by atoms with Crippen LogP contribution in [-0.2, 0) is 0 Å². The topological polar surface area (TPSA) is 69.6 Å². The van der Waals surface area contributed by atoms with E-state index in [1.54, 1.807) is 30.3 Å². The molecule has 1 aromatic carbocycles. The summed E-state index contributed by atoms with van der Waals surface area (Å²) in [5.41, 5.74) is 7.29. The lowest BCUT2D eigenvalue weighted by molar-refractivity contribution is 0.628. The van der Waals surface area contributed by atoms with Gasteiger partial charge in [0.15, 0.2) is 11.0 Å². The molecule has 0 atom stereocenters. The Kier molecular flexibility index (Phi) is 3.08. The van der Waals surface area contributed by atoms with Crippen molar-refractivity contribution in [2.45, 2.75) is 0 Å². The number of nitrogens with zero attached hydrogens (tertiary/aromatic N) is 4. The van der Waals surface area contributed by atoms with E-state index in [2.05, 4.69) is 15.3 Å². The zero-order valence-corrected chi connectivity index (χ0v) is 10.9. The highest BCUT2D eigenvalue weighted by molar-refractivity contribution is 6.29. The number of nitrogens with two attached hydrogens (primary N) is 1. The fraction of sp³-hybridized carbons (Fsp3) is 0. The third-order valence-electron chi connectivity index (χ3n) is 2.71. The van der Waals surface area contributed by atoms with Gasteiger partial charge in [0.2, 0.25) is 0 Å². The van der Waals surface area contributed by atoms with E-state index in [1.165, 1.54) is 16.8 Å². The second-order valence-corrected chi connectivity index (χ2v) is 4.47. The van der Waals surface area contributed by atoms with Gasteiger partial charge >= 0.3 is 0 Å². The lowest BCUT2D eigenvalue weighted by Crippen LogP contribution is -2.04. The number of hydrogen-bond acceptors (Lipinski definition) is 4. The molecule has 0 unspecified atom stereocenters. The zero-order valence-electron chi connectivity index (χ0n) is 10.2. The van der Waals surface area contributed by atoms with Gasteiger partial charge in [-0.25, -0.2) is 4.39 Å². The van der Waals surface area contributed by atoms with Crippen LogP contribution in [0.2, 0.25) is 5.15 Å². The van der Waals surface area contributed by atoms with Crippen LogP contribution in [0.15, 0.2) is 42.5 Å². The van der Waals surface area contributed by atoms with E-state index >= 15 is 0 Å². The van der Waals surface area contributed by atoms with E-state index in [9.17, 15) is 4.39 Å². The third-order valence-corrected chi connectivity index (χ3v) is 2.91. The number of halogens is 2. The molecule has 5 nitrogen and oxygen atoms in total. The minimum absolute atomic E-state index is 0.290. The molecule has 2 aromatic heterocycles. The molecular weight excluding hydrogens is 281 g/mol. The molecule has 0 amide bonds. The van der Waals surface area contributed by atoms with Crippen molar-refractivity contribution in [3.63, 3.8) is 0 Å². The molecule has 0 aliphatic carbocycles. The summed E-state index contributed by atoms with van der Waals surface area (Å²) in [6.07, 6.45) is 0. The smallest absolute Gasteiger partial charge is 0.178 e. The van der Waals surface area contributed by atoms with Crippen molar-refractivity contribution in [2.24, 2.45) is 0 Å². The molecule has 3 aromatic rings. The Morgan fingerprint density at radius 2 is 1.80 bits per heavy atom. The third kappa shape index (κ3) is 2.33. The molecule has 0 saturated heterocycles. The summed E-state index contributed by atoms with van der Waals surface area (Å²) < 4.78 is 14.4. The van der Waals surface area contributed by atoms with Gasteiger partial charge in [0.1, 0.15) is 11.6 Å². The second-order valence-electron chi connectivity index (χ2n) is 4.09. The van der Waals surface area contributed by atoms with Crippen molar-refractivity contribution >= 4 is 17.4 Å². The first-order chi connectivity index (χ1) is 9.63. The maximum Gasteiger partial charge on any atom is 0.178 e. The first-order valence-corrected chi connectivity index (χ1v) is 6.12. The highest BCUT2D eigenvalue weighted by Gasteiger charge is 2.10. The molecule has 0 radical (unpaired) electrons. The standard InChI is InChI=1S/C13H9ClFN5/c14-11-5-6-13(18-17-11)20-12(16)7-10(19-20)8-1-3-9(15)4-2-8/h1-7H,16H2. The van der Waals surface area contributed by atoms with E-state index in [-0.39, 0.29) is 5.82 Å². The Bertz CT molecular complexity index is 736. The monoisotopic (exact) mass is 289 g/mol. The average Bonchev–Trinajstić information content (AvgIpc) is 2.82. The number of hydrogen-bond donors (Lipinski definition) is 1. The fourth-order valence-electron chi connectivity index (χ4n) is 1.76. The van der Waals surface area contributed by atoms with Gasteiger partial charge in [0.05, 0.1) is 5.69 Å². The predicted molar refractivity (Wildman–Crippen MR) is 74.0 cm³/mol. The SMILES string of the molecule is Nc1cc(-c2ccc(F)cc2)nn1-c1ccc(Cl)nn1. The van der Waals surface area contributed by atoms with Gasteiger partial charge in [-0.3, -0.25) is 0 Å². The quantitative estimate of drug-likeness (QED) is 0.787. The van der Waals surface area contributed by atoms with E-state index in [0.717, 1.165) is 5.56 Å². The largest absolute Gasteiger partial charge is 0.384 e. The Morgan fingerprint density at radius 1 is 1.05 bits per heavy atom. The molecule has 0 fully saturated rings. The first kappa shape index (κ1) is 12.6. The predicted octanol–water partition coefficient (Wildman–Crippen LogP) is 2.70. The molecule has 0 saturated carbocycles. The molecule has 100 valence electrons. The fourth-order valence-corrected chi connectivity index (χ4v) is 1.86. The Hall–Kier alpha value is -2.47. The number of nitrogen functional groups attached to an aromatic ring is 1. The minimum Gasteiger partial charge on any atom is -0.384 e. The maximum atomic E-state index is 12.9. The lowest BCUT2D eigenvalue weighted by Gasteiger charge is -2.01. The molecule has 3 rings (SSSR count). The minimum atomic E-state index is -0.301. The average molecular weight is 290 g/mol. The van der Waals surface area contributed by atoms with Gasteiger partial charge in [-0.15, -0.1) is 10.2 Å². The highest BCUT2D eigenvalue weighted by Crippen LogP contribution is 2.22. The van der Waals surface area contributed by atoms with Gasteiger partial charge in [-0.2, -0.15) is 9.78 Å². The molecule has 2 heterocycles. The van der Waals surface area contributed by atoms with Crippen LogP contribution in [0.3, 0.4) is 0 Å². The molecule has 20 heavy (non-hydrogen) atoms. The van der Waals surface area contributed by atoms with Crippen LogP contribution >= 0.6 is 11.6 Å². The number of aromatic nitrogens is 4. The Labute approximate surface area is 118 Å². The van der Waals surface area contributed by atoms with Crippen LogP contribution in [0, 0.1) is 5.82 Å². The molecule has 2 N–H and O–H groups in total. The van der Waals surface area contributed by atoms with Gasteiger partial charge in [-0.1, -0.05) is 11.6 Å². The Morgan fingerprint density at radius 3 is 2.45 bits per heavy atom. The van der Waals surface area contributed by atoms with E-state index in [1.807, 2.05) is 0 Å². The number of rotatable bonds is 2. The van der Waals surface area contributed by atoms with Crippen LogP contribution in [0.25, 0.3) is 17.1 Å². The molecular formula is C13H9ClFN5. The van der Waals surface area contributed by atoms with Crippen molar-refractivity contribution in [1.29, 1.82) is 0 Å². The first-order valence-electron chi connectivity index (χ1n) is 5.74. The van der Waals surface area contributed by atoms with Gasteiger partial charge in [-0.05, 0) is 36.4 Å². The molecule has 7 heteroatoms. The van der Waals surface area contributed by atoms with Crippen LogP contribution in [0.4, 0.5) is 10.2 Å². The maximum absolute atomic E-state index is 12.9. The summed E-state index contributed by atoms with van der Waals surface area (Å²) in [4.78, 5) is 0. The van der Waals surface area contributed by atoms with Crippen molar-refractivity contribution in [2.75, 3.05) is 5.73 Å². The van der Waals surface area contributed by atoms with Crippen LogP contribution in [0.5, 0.6) is 0 Å². The Balaban J connectivity index is 2.02. The van der Waals surface area contributed by atoms with Crippen molar-refractivity contribution in [3.8, 4) is 17.1 Å². The van der Waals surface area contributed by atoms with Crippen LogP contribution in [0.1, 0.15) is 0 Å². The molecule has 0 aliphatic heterocycles. The van der Waals surface area contributed by atoms with Crippen LogP contribution < -0.4 is 5.73 Å². The van der Waals surface area contributed by atoms with E-state index < -0.39 is 0 Å². The van der Waals surface area contributed by atoms with Gasteiger partial charge < -0.3 is 5.73 Å². The molecule has 0 aliphatic rings. The van der Waals surface area contributed by atoms with Crippen molar-refractivity contribution in [1.82, 2.24) is 20.0 Å². The second kappa shape index (κ2) is 4.90. The summed E-state index contributed by atoms with van der Waals surface area (Å²) in [6.45, 7) is 0. The van der Waals surface area contributed by atoms with Crippen LogP contribution in [-0.4, -0.2) is 20.0 Å². The summed E-state index contributed by atoms with van der Waals surface area (Å²) in [6, 6.07) is 10.9.